The average molecular weight is 246 g/mol. The molecule has 0 fully saturated rings. The normalized spacial score (nSPS) is 15.6. The van der Waals surface area contributed by atoms with Crippen molar-refractivity contribution in [3.8, 4) is 5.75 Å². The van der Waals surface area contributed by atoms with Crippen LogP contribution < -0.4 is 4.74 Å². The molecule has 0 saturated carbocycles. The Bertz CT molecular complexity index is 451. The molecule has 1 aliphatic rings. The van der Waals surface area contributed by atoms with Gasteiger partial charge in [0.2, 0.25) is 5.91 Å². The van der Waals surface area contributed by atoms with Crippen molar-refractivity contribution < 1.29 is 9.53 Å². The number of hydrogen-bond donors (Lipinski definition) is 0. The minimum absolute atomic E-state index is 0.104. The lowest BCUT2D eigenvalue weighted by Crippen LogP contribution is -2.31. The van der Waals surface area contributed by atoms with Gasteiger partial charge in [-0.25, -0.2) is 5.01 Å². The Morgan fingerprint density at radius 1 is 1.22 bits per heavy atom. The van der Waals surface area contributed by atoms with Gasteiger partial charge in [-0.1, -0.05) is 0 Å². The maximum atomic E-state index is 11.5. The van der Waals surface area contributed by atoms with E-state index in [0.29, 0.717) is 26.0 Å². The van der Waals surface area contributed by atoms with Gasteiger partial charge in [0, 0.05) is 19.4 Å². The first-order valence-electron chi connectivity index (χ1n) is 6.35. The summed E-state index contributed by atoms with van der Waals surface area (Å²) in [6.45, 7) is 5.18. The van der Waals surface area contributed by atoms with Crippen LogP contribution in [0.15, 0.2) is 29.4 Å². The lowest BCUT2D eigenvalue weighted by molar-refractivity contribution is -0.131. The van der Waals surface area contributed by atoms with Gasteiger partial charge in [0.05, 0.1) is 12.3 Å². The monoisotopic (exact) mass is 246 g/mol. The predicted octanol–water partition coefficient (Wildman–Crippen LogP) is 2.43. The second-order valence-electron chi connectivity index (χ2n) is 4.11. The minimum Gasteiger partial charge on any atom is -0.494 e. The Morgan fingerprint density at radius 2 is 1.94 bits per heavy atom. The average Bonchev–Trinajstić information content (AvgIpc) is 2.41. The molecule has 4 heteroatoms. The van der Waals surface area contributed by atoms with E-state index in [9.17, 15) is 4.79 Å². The molecule has 1 heterocycles. The van der Waals surface area contributed by atoms with Crippen molar-refractivity contribution in [1.29, 1.82) is 0 Å². The van der Waals surface area contributed by atoms with Crippen LogP contribution >= 0.6 is 0 Å². The highest BCUT2D eigenvalue weighted by Crippen LogP contribution is 2.18. The molecule has 96 valence electrons. The summed E-state index contributed by atoms with van der Waals surface area (Å²) in [4.78, 5) is 11.5. The van der Waals surface area contributed by atoms with E-state index < -0.39 is 0 Å². The maximum absolute atomic E-state index is 11.5. The van der Waals surface area contributed by atoms with E-state index in [1.807, 2.05) is 38.1 Å². The summed E-state index contributed by atoms with van der Waals surface area (Å²) in [5.74, 6) is 0.966. The molecule has 18 heavy (non-hydrogen) atoms. The fourth-order valence-electron chi connectivity index (χ4n) is 1.97. The summed E-state index contributed by atoms with van der Waals surface area (Å²) >= 11 is 0. The highest BCUT2D eigenvalue weighted by Gasteiger charge is 2.19. The fraction of sp³-hybridized carbons (Fsp3) is 0.429. The molecule has 0 aromatic heterocycles. The van der Waals surface area contributed by atoms with Crippen LogP contribution in [0, 0.1) is 0 Å². The molecule has 0 saturated heterocycles. The molecular weight excluding hydrogens is 228 g/mol. The lowest BCUT2D eigenvalue weighted by atomic mass is 10.0. The third-order valence-corrected chi connectivity index (χ3v) is 2.90. The maximum Gasteiger partial charge on any atom is 0.243 e. The number of rotatable bonds is 4. The molecule has 4 nitrogen and oxygen atoms in total. The molecule has 2 rings (SSSR count). The second-order valence-corrected chi connectivity index (χ2v) is 4.11. The molecule has 1 amide bonds. The topological polar surface area (TPSA) is 41.9 Å². The van der Waals surface area contributed by atoms with Crippen molar-refractivity contribution in [2.24, 2.45) is 5.10 Å². The summed E-state index contributed by atoms with van der Waals surface area (Å²) in [5.41, 5.74) is 2.03. The molecule has 0 spiro atoms. The summed E-state index contributed by atoms with van der Waals surface area (Å²) < 4.78 is 5.40. The van der Waals surface area contributed by atoms with E-state index in [0.717, 1.165) is 17.0 Å². The van der Waals surface area contributed by atoms with Crippen LogP contribution in [0.25, 0.3) is 0 Å². The molecule has 0 bridgehead atoms. The molecule has 1 aromatic rings. The third-order valence-electron chi connectivity index (χ3n) is 2.90. The molecule has 0 unspecified atom stereocenters. The minimum atomic E-state index is 0.104. The third kappa shape index (κ3) is 2.70. The smallest absolute Gasteiger partial charge is 0.243 e. The van der Waals surface area contributed by atoms with Crippen LogP contribution in [0.4, 0.5) is 0 Å². The number of carbonyl (C=O) groups excluding carboxylic acids is 1. The zero-order valence-corrected chi connectivity index (χ0v) is 10.8. The van der Waals surface area contributed by atoms with Gasteiger partial charge in [-0.3, -0.25) is 4.79 Å². The largest absolute Gasteiger partial charge is 0.494 e. The van der Waals surface area contributed by atoms with Crippen molar-refractivity contribution in [2.45, 2.75) is 26.7 Å². The first-order valence-corrected chi connectivity index (χ1v) is 6.35. The van der Waals surface area contributed by atoms with Crippen LogP contribution in [0.3, 0.4) is 0 Å². The van der Waals surface area contributed by atoms with Crippen molar-refractivity contribution >= 4 is 11.6 Å². The summed E-state index contributed by atoms with van der Waals surface area (Å²) in [5, 5.41) is 5.92. The lowest BCUT2D eigenvalue weighted by Gasteiger charge is -2.22. The van der Waals surface area contributed by atoms with E-state index in [2.05, 4.69) is 5.10 Å². The Morgan fingerprint density at radius 3 is 2.56 bits per heavy atom. The van der Waals surface area contributed by atoms with Gasteiger partial charge in [0.15, 0.2) is 0 Å². The number of nitrogens with zero attached hydrogens (tertiary/aromatic N) is 2. The highest BCUT2D eigenvalue weighted by atomic mass is 16.5. The van der Waals surface area contributed by atoms with E-state index >= 15 is 0 Å². The SMILES string of the molecule is CCOc1ccc(C2=NN(CC)C(=O)CC2)cc1. The van der Waals surface area contributed by atoms with Crippen LogP contribution in [0.5, 0.6) is 5.75 Å². The zero-order chi connectivity index (χ0) is 13.0. The number of hydrogen-bond acceptors (Lipinski definition) is 3. The standard InChI is InChI=1S/C14H18N2O2/c1-3-16-14(17)10-9-13(15-16)11-5-7-12(8-6-11)18-4-2/h5-8H,3-4,9-10H2,1-2H3. The van der Waals surface area contributed by atoms with Gasteiger partial charge in [-0.05, 0) is 43.7 Å². The van der Waals surface area contributed by atoms with Crippen molar-refractivity contribution in [2.75, 3.05) is 13.2 Å². The zero-order valence-electron chi connectivity index (χ0n) is 10.8. The molecule has 0 radical (unpaired) electrons. The molecular formula is C14H18N2O2. The molecule has 0 atom stereocenters. The predicted molar refractivity (Wildman–Crippen MR) is 70.8 cm³/mol. The number of amides is 1. The van der Waals surface area contributed by atoms with Gasteiger partial charge in [0.1, 0.15) is 5.75 Å². The summed E-state index contributed by atoms with van der Waals surface area (Å²) in [7, 11) is 0. The number of benzene rings is 1. The quantitative estimate of drug-likeness (QED) is 0.818. The van der Waals surface area contributed by atoms with Crippen molar-refractivity contribution in [3.05, 3.63) is 29.8 Å². The van der Waals surface area contributed by atoms with Crippen LogP contribution in [0.1, 0.15) is 32.3 Å². The summed E-state index contributed by atoms with van der Waals surface area (Å²) in [6, 6.07) is 7.86. The number of hydrazone groups is 1. The van der Waals surface area contributed by atoms with E-state index in [1.54, 1.807) is 0 Å². The molecule has 1 aliphatic heterocycles. The van der Waals surface area contributed by atoms with Crippen molar-refractivity contribution in [1.82, 2.24) is 5.01 Å². The van der Waals surface area contributed by atoms with Gasteiger partial charge < -0.3 is 4.74 Å². The Hall–Kier alpha value is -1.84. The first-order chi connectivity index (χ1) is 8.74. The van der Waals surface area contributed by atoms with Crippen LogP contribution in [-0.2, 0) is 4.79 Å². The first kappa shape index (κ1) is 12.6. The number of ether oxygens (including phenoxy) is 1. The van der Waals surface area contributed by atoms with E-state index in [4.69, 9.17) is 4.74 Å². The molecule has 0 aliphatic carbocycles. The highest BCUT2D eigenvalue weighted by molar-refractivity contribution is 6.04. The van der Waals surface area contributed by atoms with Gasteiger partial charge in [-0.15, -0.1) is 0 Å². The summed E-state index contributed by atoms with van der Waals surface area (Å²) in [6.07, 6.45) is 1.25. The van der Waals surface area contributed by atoms with Gasteiger partial charge in [-0.2, -0.15) is 5.10 Å². The van der Waals surface area contributed by atoms with Crippen LogP contribution in [-0.4, -0.2) is 29.8 Å². The van der Waals surface area contributed by atoms with E-state index in [-0.39, 0.29) is 5.91 Å². The van der Waals surface area contributed by atoms with Crippen molar-refractivity contribution in [3.63, 3.8) is 0 Å². The fourth-order valence-corrected chi connectivity index (χ4v) is 1.97. The van der Waals surface area contributed by atoms with Crippen LogP contribution in [0.2, 0.25) is 0 Å². The Kier molecular flexibility index (Phi) is 3.97. The van der Waals surface area contributed by atoms with E-state index in [1.165, 1.54) is 5.01 Å². The second kappa shape index (κ2) is 5.67. The Labute approximate surface area is 107 Å². The number of carbonyl (C=O) groups is 1. The molecule has 1 aromatic carbocycles. The van der Waals surface area contributed by atoms with Gasteiger partial charge >= 0.3 is 0 Å². The van der Waals surface area contributed by atoms with Gasteiger partial charge in [0.25, 0.3) is 0 Å². The molecule has 0 N–H and O–H groups in total. The Balaban J connectivity index is 2.18.